The van der Waals surface area contributed by atoms with Gasteiger partial charge < -0.3 is 0 Å². The van der Waals surface area contributed by atoms with Crippen LogP contribution in [0.15, 0.2) is 170 Å². The van der Waals surface area contributed by atoms with Crippen molar-refractivity contribution in [2.45, 2.75) is 0 Å². The van der Waals surface area contributed by atoms with Crippen LogP contribution in [-0.4, -0.2) is 19.9 Å². The molecule has 0 fully saturated rings. The zero-order valence-electron chi connectivity index (χ0n) is 28.8. The molecular formula is C48H28N4S2. The van der Waals surface area contributed by atoms with Crippen LogP contribution >= 0.6 is 22.7 Å². The number of hydrogen-bond donors (Lipinski definition) is 0. The molecule has 0 atom stereocenters. The first-order valence-corrected chi connectivity index (χ1v) is 19.5. The van der Waals surface area contributed by atoms with Gasteiger partial charge in [-0.1, -0.05) is 140 Å². The number of nitrogens with zero attached hydrogens (tertiary/aromatic N) is 4. The quantitative estimate of drug-likeness (QED) is 0.177. The summed E-state index contributed by atoms with van der Waals surface area (Å²) in [4.78, 5) is 20.5. The molecule has 4 nitrogen and oxygen atoms in total. The first kappa shape index (κ1) is 31.0. The van der Waals surface area contributed by atoms with Gasteiger partial charge >= 0.3 is 0 Å². The summed E-state index contributed by atoms with van der Waals surface area (Å²) < 4.78 is 3.64. The summed E-state index contributed by atoms with van der Waals surface area (Å²) >= 11 is 3.57. The molecule has 3 heterocycles. The summed E-state index contributed by atoms with van der Waals surface area (Å²) in [5.41, 5.74) is 7.28. The van der Waals surface area contributed by atoms with Gasteiger partial charge in [-0.05, 0) is 63.0 Å². The molecule has 252 valence electrons. The van der Waals surface area contributed by atoms with E-state index in [4.69, 9.17) is 19.9 Å². The largest absolute Gasteiger partial charge is 0.236 e. The monoisotopic (exact) mass is 724 g/mol. The fraction of sp³-hybridized carbons (Fsp3) is 0. The standard InChI is InChI=1S/C48H28N4S2/c1-2-13-31(14-3-1)45-50-46(34-23-21-29-11-4-6-15-32(29)25-34)52-47(51-45)38-18-9-8-17-36(38)37-19-10-20-41-44(37)39-27-43-40(28-42(39)53-41)49-48(54-43)35-24-22-30-12-5-7-16-33(30)26-35/h1-28H. The maximum atomic E-state index is 5.19. The van der Waals surface area contributed by atoms with Crippen LogP contribution < -0.4 is 0 Å². The van der Waals surface area contributed by atoms with E-state index in [0.29, 0.717) is 17.5 Å². The van der Waals surface area contributed by atoms with Gasteiger partial charge in [0.2, 0.25) is 0 Å². The Labute approximate surface area is 318 Å². The Morgan fingerprint density at radius 3 is 1.72 bits per heavy atom. The van der Waals surface area contributed by atoms with Crippen LogP contribution in [0.4, 0.5) is 0 Å². The Kier molecular flexibility index (Phi) is 7.18. The lowest BCUT2D eigenvalue weighted by Gasteiger charge is -2.13. The van der Waals surface area contributed by atoms with E-state index in [0.717, 1.165) is 49.3 Å². The van der Waals surface area contributed by atoms with Crippen LogP contribution in [0.5, 0.6) is 0 Å². The maximum absolute atomic E-state index is 5.19. The van der Waals surface area contributed by atoms with Crippen LogP contribution in [0.2, 0.25) is 0 Å². The van der Waals surface area contributed by atoms with Gasteiger partial charge in [0, 0.05) is 42.4 Å². The van der Waals surface area contributed by atoms with E-state index in [-0.39, 0.29) is 0 Å². The first-order valence-electron chi connectivity index (χ1n) is 17.9. The Morgan fingerprint density at radius 1 is 0.333 bits per heavy atom. The third kappa shape index (κ3) is 5.26. The fourth-order valence-electron chi connectivity index (χ4n) is 7.50. The highest BCUT2D eigenvalue weighted by Gasteiger charge is 2.19. The number of rotatable bonds is 5. The average Bonchev–Trinajstić information content (AvgIpc) is 3.83. The number of thiophene rings is 1. The van der Waals surface area contributed by atoms with Crippen molar-refractivity contribution >= 4 is 74.6 Å². The van der Waals surface area contributed by atoms with E-state index in [1.54, 1.807) is 11.3 Å². The van der Waals surface area contributed by atoms with Gasteiger partial charge in [0.25, 0.3) is 0 Å². The predicted octanol–water partition coefficient (Wildman–Crippen LogP) is 13.5. The molecule has 54 heavy (non-hydrogen) atoms. The molecule has 0 amide bonds. The highest BCUT2D eigenvalue weighted by atomic mass is 32.1. The molecule has 0 radical (unpaired) electrons. The summed E-state index contributed by atoms with van der Waals surface area (Å²) in [5, 5.41) is 8.30. The van der Waals surface area contributed by atoms with E-state index in [9.17, 15) is 0 Å². The van der Waals surface area contributed by atoms with Crippen LogP contribution in [0.25, 0.3) is 108 Å². The lowest BCUT2D eigenvalue weighted by molar-refractivity contribution is 1.07. The molecule has 0 aliphatic rings. The number of hydrogen-bond acceptors (Lipinski definition) is 6. The summed E-state index contributed by atoms with van der Waals surface area (Å²) in [5.74, 6) is 1.94. The number of benzene rings is 8. The fourth-order valence-corrected chi connectivity index (χ4v) is 9.63. The smallest absolute Gasteiger partial charge is 0.164 e. The van der Waals surface area contributed by atoms with E-state index < -0.39 is 0 Å². The molecule has 11 aromatic rings. The molecule has 0 saturated carbocycles. The van der Waals surface area contributed by atoms with Crippen molar-refractivity contribution in [3.05, 3.63) is 170 Å². The van der Waals surface area contributed by atoms with E-state index >= 15 is 0 Å². The second kappa shape index (κ2) is 12.5. The van der Waals surface area contributed by atoms with Gasteiger partial charge in [0.05, 0.1) is 10.2 Å². The van der Waals surface area contributed by atoms with Gasteiger partial charge in [0.1, 0.15) is 5.01 Å². The average molecular weight is 725 g/mol. The van der Waals surface area contributed by atoms with Crippen molar-refractivity contribution < 1.29 is 0 Å². The van der Waals surface area contributed by atoms with Gasteiger partial charge in [-0.2, -0.15) is 0 Å². The molecular weight excluding hydrogens is 697 g/mol. The van der Waals surface area contributed by atoms with Gasteiger partial charge in [-0.3, -0.25) is 0 Å². The van der Waals surface area contributed by atoms with Crippen molar-refractivity contribution in [1.82, 2.24) is 19.9 Å². The summed E-state index contributed by atoms with van der Waals surface area (Å²) in [7, 11) is 0. The molecule has 3 aromatic heterocycles. The van der Waals surface area contributed by atoms with Gasteiger partial charge in [0.15, 0.2) is 17.5 Å². The highest BCUT2D eigenvalue weighted by molar-refractivity contribution is 7.26. The van der Waals surface area contributed by atoms with E-state index in [1.165, 1.54) is 41.0 Å². The molecule has 8 aromatic carbocycles. The summed E-state index contributed by atoms with van der Waals surface area (Å²) in [6.07, 6.45) is 0. The third-order valence-corrected chi connectivity index (χ3v) is 12.3. The molecule has 0 bridgehead atoms. The molecule has 0 N–H and O–H groups in total. The zero-order chi connectivity index (χ0) is 35.6. The van der Waals surface area contributed by atoms with Gasteiger partial charge in [-0.15, -0.1) is 22.7 Å². The maximum Gasteiger partial charge on any atom is 0.164 e. The molecule has 0 aliphatic heterocycles. The van der Waals surface area contributed by atoms with Crippen molar-refractivity contribution in [2.24, 2.45) is 0 Å². The lowest BCUT2D eigenvalue weighted by atomic mass is 9.95. The minimum atomic E-state index is 0.643. The minimum Gasteiger partial charge on any atom is -0.236 e. The number of thiazole rings is 1. The SMILES string of the molecule is c1ccc(-c2nc(-c3ccc4ccccc4c3)nc(-c3ccccc3-c3cccc4sc5cc6nc(-c7ccc8ccccc8c7)sc6cc5c34)n2)cc1. The van der Waals surface area contributed by atoms with Crippen molar-refractivity contribution in [3.63, 3.8) is 0 Å². The van der Waals surface area contributed by atoms with Crippen molar-refractivity contribution in [3.8, 4) is 55.9 Å². The molecule has 0 unspecified atom stereocenters. The van der Waals surface area contributed by atoms with E-state index in [1.807, 2.05) is 29.5 Å². The molecule has 0 aliphatic carbocycles. The Hall–Kier alpha value is -6.60. The Bertz CT molecular complexity index is 3240. The normalized spacial score (nSPS) is 11.7. The van der Waals surface area contributed by atoms with Crippen LogP contribution in [0.1, 0.15) is 0 Å². The van der Waals surface area contributed by atoms with E-state index in [2.05, 4.69) is 152 Å². The second-order valence-corrected chi connectivity index (χ2v) is 15.6. The molecule has 0 spiro atoms. The number of aromatic nitrogens is 4. The number of fused-ring (bicyclic) bond motifs is 6. The van der Waals surface area contributed by atoms with Gasteiger partial charge in [-0.25, -0.2) is 19.9 Å². The third-order valence-electron chi connectivity index (χ3n) is 10.1. The van der Waals surface area contributed by atoms with Crippen LogP contribution in [0.3, 0.4) is 0 Å². The molecule has 11 rings (SSSR count). The highest BCUT2D eigenvalue weighted by Crippen LogP contribution is 2.45. The van der Waals surface area contributed by atoms with Crippen LogP contribution in [-0.2, 0) is 0 Å². The topological polar surface area (TPSA) is 51.6 Å². The predicted molar refractivity (Wildman–Crippen MR) is 228 cm³/mol. The van der Waals surface area contributed by atoms with Crippen molar-refractivity contribution in [2.75, 3.05) is 0 Å². The lowest BCUT2D eigenvalue weighted by Crippen LogP contribution is -2.01. The minimum absolute atomic E-state index is 0.643. The Balaban J connectivity index is 1.08. The summed E-state index contributed by atoms with van der Waals surface area (Å²) in [6, 6.07) is 59.8. The molecule has 0 saturated heterocycles. The Morgan fingerprint density at radius 2 is 0.944 bits per heavy atom. The summed E-state index contributed by atoms with van der Waals surface area (Å²) in [6.45, 7) is 0. The van der Waals surface area contributed by atoms with Crippen LogP contribution in [0, 0.1) is 0 Å². The first-order chi connectivity index (χ1) is 26.7. The zero-order valence-corrected chi connectivity index (χ0v) is 30.4. The second-order valence-electron chi connectivity index (χ2n) is 13.5. The molecule has 6 heteroatoms. The van der Waals surface area contributed by atoms with Crippen molar-refractivity contribution in [1.29, 1.82) is 0 Å².